The van der Waals surface area contributed by atoms with Gasteiger partial charge in [0.25, 0.3) is 5.91 Å². The van der Waals surface area contributed by atoms with Crippen LogP contribution >= 0.6 is 0 Å². The zero-order valence-electron chi connectivity index (χ0n) is 15.4. The van der Waals surface area contributed by atoms with E-state index in [0.29, 0.717) is 5.69 Å². The third-order valence-corrected chi connectivity index (χ3v) is 5.34. The van der Waals surface area contributed by atoms with E-state index in [1.807, 2.05) is 0 Å². The summed E-state index contributed by atoms with van der Waals surface area (Å²) in [4.78, 5) is 38.0. The lowest BCUT2D eigenvalue weighted by Crippen LogP contribution is -2.46. The van der Waals surface area contributed by atoms with Gasteiger partial charge in [0.1, 0.15) is 17.9 Å². The second-order valence-electron chi connectivity index (χ2n) is 7.43. The molecule has 1 heterocycles. The molecule has 2 aromatic carbocycles. The van der Waals surface area contributed by atoms with Crippen LogP contribution in [0.5, 0.6) is 0 Å². The maximum Gasteiger partial charge on any atom is 0.325 e. The third-order valence-electron chi connectivity index (χ3n) is 5.34. The molecule has 2 aromatic rings. The summed E-state index contributed by atoms with van der Waals surface area (Å²) in [6.45, 7) is 1.39. The van der Waals surface area contributed by atoms with Crippen LogP contribution in [0, 0.1) is 11.7 Å². The Hall–Kier alpha value is -3.22. The lowest BCUT2D eigenvalue weighted by molar-refractivity contribution is -0.134. The Labute approximate surface area is 161 Å². The molecule has 0 radical (unpaired) electrons. The van der Waals surface area contributed by atoms with Gasteiger partial charge >= 0.3 is 6.03 Å². The topological polar surface area (TPSA) is 78.5 Å². The highest BCUT2D eigenvalue weighted by Gasteiger charge is 2.56. The fourth-order valence-corrected chi connectivity index (χ4v) is 3.53. The second kappa shape index (κ2) is 6.74. The monoisotopic (exact) mass is 381 g/mol. The molecule has 4 amide bonds. The summed E-state index contributed by atoms with van der Waals surface area (Å²) in [6.07, 6.45) is 1.81. The summed E-state index contributed by atoms with van der Waals surface area (Å²) in [5, 5.41) is 5.42. The van der Waals surface area contributed by atoms with Gasteiger partial charge in [0, 0.05) is 5.69 Å². The largest absolute Gasteiger partial charge is 0.325 e. The fraction of sp³-hybridized carbons (Fsp3) is 0.286. The molecule has 1 atom stereocenters. The van der Waals surface area contributed by atoms with Gasteiger partial charge in [-0.05, 0) is 61.1 Å². The molecule has 2 aliphatic rings. The minimum absolute atomic E-state index is 0.149. The quantitative estimate of drug-likeness (QED) is 0.781. The zero-order chi connectivity index (χ0) is 19.9. The van der Waals surface area contributed by atoms with Gasteiger partial charge in [-0.3, -0.25) is 14.5 Å². The molecule has 4 rings (SSSR count). The van der Waals surface area contributed by atoms with Gasteiger partial charge in [-0.15, -0.1) is 0 Å². The highest BCUT2D eigenvalue weighted by atomic mass is 19.1. The number of nitrogens with zero attached hydrogens (tertiary/aromatic N) is 1. The Kier molecular flexibility index (Phi) is 4.37. The SMILES string of the molecule is CC1(C2CC2)NC(=O)N(CC(=O)Nc2ccc(-c3ccc(F)cc3)cc2)C1=O. The Morgan fingerprint density at radius 3 is 2.25 bits per heavy atom. The Bertz CT molecular complexity index is 938. The molecule has 1 aliphatic carbocycles. The average Bonchev–Trinajstić information content (AvgIpc) is 3.49. The molecule has 0 spiro atoms. The Morgan fingerprint density at radius 1 is 1.11 bits per heavy atom. The number of amides is 4. The molecule has 1 saturated carbocycles. The number of halogens is 1. The first-order valence-corrected chi connectivity index (χ1v) is 9.17. The average molecular weight is 381 g/mol. The van der Waals surface area contributed by atoms with Crippen LogP contribution in [-0.2, 0) is 9.59 Å². The number of nitrogens with one attached hydrogen (secondary N) is 2. The van der Waals surface area contributed by atoms with Crippen LogP contribution in [0.2, 0.25) is 0 Å². The first kappa shape index (κ1) is 18.2. The number of carbonyl (C=O) groups is 3. The minimum Gasteiger partial charge on any atom is -0.325 e. The molecule has 1 saturated heterocycles. The zero-order valence-corrected chi connectivity index (χ0v) is 15.4. The van der Waals surface area contributed by atoms with E-state index >= 15 is 0 Å². The van der Waals surface area contributed by atoms with Crippen molar-refractivity contribution in [1.29, 1.82) is 0 Å². The molecule has 2 fully saturated rings. The van der Waals surface area contributed by atoms with Gasteiger partial charge in [0.2, 0.25) is 5.91 Å². The number of urea groups is 1. The standard InChI is InChI=1S/C21H20FN3O3/c1-21(15-6-7-15)19(27)25(20(28)24-21)12-18(26)23-17-10-4-14(5-11-17)13-2-8-16(22)9-3-13/h2-5,8-11,15H,6-7,12H2,1H3,(H,23,26)(H,24,28). The van der Waals surface area contributed by atoms with Crippen molar-refractivity contribution in [3.8, 4) is 11.1 Å². The van der Waals surface area contributed by atoms with Crippen molar-refractivity contribution in [3.63, 3.8) is 0 Å². The van der Waals surface area contributed by atoms with Crippen LogP contribution in [0.4, 0.5) is 14.9 Å². The van der Waals surface area contributed by atoms with Crippen LogP contribution in [0.1, 0.15) is 19.8 Å². The van der Waals surface area contributed by atoms with Crippen molar-refractivity contribution in [2.75, 3.05) is 11.9 Å². The number of hydrogen-bond donors (Lipinski definition) is 2. The number of rotatable bonds is 5. The van der Waals surface area contributed by atoms with Crippen LogP contribution in [0.3, 0.4) is 0 Å². The summed E-state index contributed by atoms with van der Waals surface area (Å²) >= 11 is 0. The molecule has 2 N–H and O–H groups in total. The molecular formula is C21H20FN3O3. The van der Waals surface area contributed by atoms with Crippen molar-refractivity contribution >= 4 is 23.5 Å². The van der Waals surface area contributed by atoms with Gasteiger partial charge in [-0.25, -0.2) is 9.18 Å². The van der Waals surface area contributed by atoms with Gasteiger partial charge in [-0.2, -0.15) is 0 Å². The molecule has 7 heteroatoms. The summed E-state index contributed by atoms with van der Waals surface area (Å²) in [7, 11) is 0. The number of benzene rings is 2. The van der Waals surface area contributed by atoms with E-state index in [1.54, 1.807) is 43.3 Å². The predicted molar refractivity (Wildman–Crippen MR) is 102 cm³/mol. The Balaban J connectivity index is 1.39. The molecule has 1 aliphatic heterocycles. The van der Waals surface area contributed by atoms with Crippen molar-refractivity contribution in [2.45, 2.75) is 25.3 Å². The normalized spacial score (nSPS) is 21.6. The number of imide groups is 1. The van der Waals surface area contributed by atoms with Crippen LogP contribution in [-0.4, -0.2) is 34.8 Å². The first-order chi connectivity index (χ1) is 13.4. The lowest BCUT2D eigenvalue weighted by atomic mass is 9.96. The molecule has 0 bridgehead atoms. The summed E-state index contributed by atoms with van der Waals surface area (Å²) < 4.78 is 13.0. The highest BCUT2D eigenvalue weighted by Crippen LogP contribution is 2.42. The van der Waals surface area contributed by atoms with Gasteiger partial charge in [-0.1, -0.05) is 24.3 Å². The van der Waals surface area contributed by atoms with Gasteiger partial charge in [0.15, 0.2) is 0 Å². The molecule has 0 aromatic heterocycles. The molecule has 1 unspecified atom stereocenters. The Morgan fingerprint density at radius 2 is 1.68 bits per heavy atom. The van der Waals surface area contributed by atoms with Crippen LogP contribution in [0.25, 0.3) is 11.1 Å². The highest BCUT2D eigenvalue weighted by molar-refractivity contribution is 6.10. The van der Waals surface area contributed by atoms with Crippen LogP contribution in [0.15, 0.2) is 48.5 Å². The number of carbonyl (C=O) groups excluding carboxylic acids is 3. The molecular weight excluding hydrogens is 361 g/mol. The van der Waals surface area contributed by atoms with E-state index in [2.05, 4.69) is 10.6 Å². The van der Waals surface area contributed by atoms with Crippen molar-refractivity contribution in [3.05, 3.63) is 54.3 Å². The van der Waals surface area contributed by atoms with Crippen molar-refractivity contribution < 1.29 is 18.8 Å². The summed E-state index contributed by atoms with van der Waals surface area (Å²) in [6, 6.07) is 12.7. The lowest BCUT2D eigenvalue weighted by Gasteiger charge is -2.20. The summed E-state index contributed by atoms with van der Waals surface area (Å²) in [5.74, 6) is -0.943. The first-order valence-electron chi connectivity index (χ1n) is 9.17. The van der Waals surface area contributed by atoms with E-state index in [4.69, 9.17) is 0 Å². The van der Waals surface area contributed by atoms with Gasteiger partial charge < -0.3 is 10.6 Å². The second-order valence-corrected chi connectivity index (χ2v) is 7.43. The van der Waals surface area contributed by atoms with E-state index in [0.717, 1.165) is 28.9 Å². The fourth-order valence-electron chi connectivity index (χ4n) is 3.53. The summed E-state index contributed by atoms with van der Waals surface area (Å²) in [5.41, 5.74) is 1.40. The maximum absolute atomic E-state index is 13.0. The van der Waals surface area contributed by atoms with Crippen molar-refractivity contribution in [2.24, 2.45) is 5.92 Å². The molecule has 144 valence electrons. The maximum atomic E-state index is 13.0. The van der Waals surface area contributed by atoms with E-state index in [-0.39, 0.29) is 24.2 Å². The van der Waals surface area contributed by atoms with E-state index < -0.39 is 17.5 Å². The number of anilines is 1. The smallest absolute Gasteiger partial charge is 0.325 e. The van der Waals surface area contributed by atoms with Crippen molar-refractivity contribution in [1.82, 2.24) is 10.2 Å². The molecule has 28 heavy (non-hydrogen) atoms. The minimum atomic E-state index is -0.895. The third kappa shape index (κ3) is 3.35. The molecule has 6 nitrogen and oxygen atoms in total. The van der Waals surface area contributed by atoms with Crippen LogP contribution < -0.4 is 10.6 Å². The number of hydrogen-bond acceptors (Lipinski definition) is 3. The predicted octanol–water partition coefficient (Wildman–Crippen LogP) is 3.15. The van der Waals surface area contributed by atoms with E-state index in [9.17, 15) is 18.8 Å². The van der Waals surface area contributed by atoms with Gasteiger partial charge in [0.05, 0.1) is 0 Å². The van der Waals surface area contributed by atoms with E-state index in [1.165, 1.54) is 12.1 Å².